The second-order valence-corrected chi connectivity index (χ2v) is 21.5. The van der Waals surface area contributed by atoms with E-state index in [-0.39, 0.29) is 54.3 Å². The first-order valence-corrected chi connectivity index (χ1v) is 27.1. The predicted octanol–water partition coefficient (Wildman–Crippen LogP) is 3.85. The summed E-state index contributed by atoms with van der Waals surface area (Å²) >= 11 is 1.76. The number of anilines is 1. The number of rotatable bonds is 34. The summed E-state index contributed by atoms with van der Waals surface area (Å²) in [5.41, 5.74) is 4.19. The van der Waals surface area contributed by atoms with Crippen molar-refractivity contribution in [3.8, 4) is 0 Å². The molecule has 2 aromatic heterocycles. The molecule has 0 saturated carbocycles. The molecule has 30 heteroatoms. The van der Waals surface area contributed by atoms with Crippen molar-refractivity contribution >= 4 is 64.0 Å². The van der Waals surface area contributed by atoms with Crippen LogP contribution in [0.5, 0.6) is 0 Å². The van der Waals surface area contributed by atoms with Gasteiger partial charge in [0.05, 0.1) is 19.5 Å². The van der Waals surface area contributed by atoms with E-state index in [1.165, 1.54) is 97.3 Å². The van der Waals surface area contributed by atoms with Crippen molar-refractivity contribution in [2.45, 2.75) is 148 Å². The number of carbonyl (C=O) groups is 2. The van der Waals surface area contributed by atoms with Gasteiger partial charge in [0, 0.05) is 30.7 Å². The molecule has 26 nitrogen and oxygen atoms in total. The van der Waals surface area contributed by atoms with Gasteiger partial charge in [-0.05, 0) is 12.2 Å². The number of quaternary nitrogens is 3. The van der Waals surface area contributed by atoms with Crippen LogP contribution in [0.3, 0.4) is 0 Å². The highest BCUT2D eigenvalue weighted by molar-refractivity contribution is 7.99. The number of aliphatic hydroxyl groups excluding tert-OH is 2. The molecule has 8 atom stereocenters. The third-order valence-corrected chi connectivity index (χ3v) is 14.4. The van der Waals surface area contributed by atoms with Gasteiger partial charge < -0.3 is 82.9 Å². The van der Waals surface area contributed by atoms with Crippen molar-refractivity contribution < 1.29 is 75.7 Å². The fraction of sp³-hybridized carbons (Fsp3) is 0.811. The van der Waals surface area contributed by atoms with Crippen molar-refractivity contribution in [2.24, 2.45) is 5.41 Å². The smallest absolute Gasteiger partial charge is 0.274 e. The highest BCUT2D eigenvalue weighted by Gasteiger charge is 2.48. The van der Waals surface area contributed by atoms with Crippen molar-refractivity contribution in [1.29, 1.82) is 0 Å². The molecule has 1 aliphatic rings. The molecule has 1 aliphatic heterocycles. The SMILES string of the molecule is CCCCCCCCCCCCCCCCSCCNC(=O)CCNC(=O)[C@H](O)C(C)(C)COP(=O)([O-])OP(=O)([O-])OC[C@H]1O[C@@H](n2cnc3c(N)ncnc32)C(O)[C@H]1OP(=O)([O-])O.[NH4+].[NH4+].[NH4+]. The third-order valence-electron chi connectivity index (χ3n) is 10.3. The topological polar surface area (TPSA) is 465 Å². The van der Waals surface area contributed by atoms with Gasteiger partial charge in [-0.1, -0.05) is 104 Å². The Morgan fingerprint density at radius 2 is 1.45 bits per heavy atom. The molecule has 4 unspecified atom stereocenters. The van der Waals surface area contributed by atoms with Crippen LogP contribution in [0.4, 0.5) is 5.82 Å². The van der Waals surface area contributed by atoms with E-state index in [1.807, 2.05) is 0 Å². The Labute approximate surface area is 396 Å². The Bertz CT molecular complexity index is 1890. The maximum absolute atomic E-state index is 12.6. The molecule has 0 spiro atoms. The molecule has 19 N–H and O–H groups in total. The first-order valence-electron chi connectivity index (χ1n) is 21.6. The van der Waals surface area contributed by atoms with E-state index in [9.17, 15) is 53.1 Å². The molecule has 3 rings (SSSR count). The molecule has 0 bridgehead atoms. The summed E-state index contributed by atoms with van der Waals surface area (Å²) in [6.45, 7) is 2.87. The first kappa shape index (κ1) is 64.8. The summed E-state index contributed by atoms with van der Waals surface area (Å²) < 4.78 is 61.2. The second-order valence-electron chi connectivity index (χ2n) is 16.2. The van der Waals surface area contributed by atoms with Crippen molar-refractivity contribution in [3.63, 3.8) is 0 Å². The zero-order chi connectivity index (χ0) is 47.4. The number of nitrogen functional groups attached to an aromatic ring is 1. The van der Waals surface area contributed by atoms with E-state index < -0.39 is 78.6 Å². The number of fused-ring (bicyclic) bond motifs is 1. The van der Waals surface area contributed by atoms with Crippen LogP contribution in [0.15, 0.2) is 12.7 Å². The lowest BCUT2D eigenvalue weighted by Crippen LogP contribution is -2.46. The van der Waals surface area contributed by atoms with Crippen LogP contribution in [0.2, 0.25) is 0 Å². The number of phosphoric acid groups is 3. The Morgan fingerprint density at radius 1 is 0.881 bits per heavy atom. The Hall–Kier alpha value is -2.23. The molecular weight excluding hydrogens is 965 g/mol. The quantitative estimate of drug-likeness (QED) is 0.0355. The molecule has 0 radical (unpaired) electrons. The number of hydrogen-bond donors (Lipinski definition) is 9. The standard InChI is InChI=1S/C37H68N7O16P3S.3H3N/c1-4-5-6-7-8-9-10-11-12-13-14-15-16-17-21-64-22-20-39-28(45)18-19-40-35(48)32(47)37(2,3)24-57-63(54,55)60-62(52,53)56-23-27-31(59-61(49,50)51)30(46)36(58-27)44-26-43-29-33(38)41-25-42-34(29)44;;;/h25-27,30-32,36,46-47H,4-24H2,1-3H3,(H,39,45)(H,40,48)(H,52,53)(H,54,55)(H2,38,41,42)(H2,49,50,51);3*1H3/t27-,30?,31+,32+,36-;;;/m1.../s1. The maximum Gasteiger partial charge on any atom is 0.274 e. The first-order chi connectivity index (χ1) is 30.2. The summed E-state index contributed by atoms with van der Waals surface area (Å²) in [5, 5.41) is 26.6. The number of amides is 2. The number of imidazole rings is 1. The van der Waals surface area contributed by atoms with Crippen molar-refractivity contribution in [2.75, 3.05) is 43.5 Å². The number of aromatic nitrogens is 4. The summed E-state index contributed by atoms with van der Waals surface area (Å²) in [7, 11) is -17.3. The van der Waals surface area contributed by atoms with Crippen LogP contribution in [-0.2, 0) is 45.9 Å². The number of phosphoric ester groups is 3. The van der Waals surface area contributed by atoms with Crippen LogP contribution in [0.1, 0.15) is 123 Å². The number of ether oxygens (including phenoxy) is 1. The van der Waals surface area contributed by atoms with Gasteiger partial charge >= 0.3 is 0 Å². The summed E-state index contributed by atoms with van der Waals surface area (Å²) in [6.07, 6.45) is 11.1. The number of carbonyl (C=O) groups excluding carboxylic acids is 2. The van der Waals surface area contributed by atoms with Crippen LogP contribution in [0.25, 0.3) is 11.2 Å². The molecule has 0 aromatic carbocycles. The fourth-order valence-electron chi connectivity index (χ4n) is 6.69. The van der Waals surface area contributed by atoms with E-state index in [0.717, 1.165) is 35.1 Å². The molecule has 2 aromatic rings. The van der Waals surface area contributed by atoms with Crippen LogP contribution in [0, 0.1) is 5.41 Å². The summed E-state index contributed by atoms with van der Waals surface area (Å²) in [5.74, 6) is 0.435. The minimum Gasteiger partial charge on any atom is -0.756 e. The third kappa shape index (κ3) is 24.0. The molecule has 2 amide bonds. The molecule has 1 saturated heterocycles. The van der Waals surface area contributed by atoms with E-state index in [0.29, 0.717) is 6.54 Å². The van der Waals surface area contributed by atoms with Gasteiger partial charge in [0.25, 0.3) is 23.5 Å². The maximum atomic E-state index is 12.6. The van der Waals surface area contributed by atoms with E-state index in [2.05, 4.69) is 50.4 Å². The molecule has 0 aliphatic carbocycles. The van der Waals surface area contributed by atoms with Gasteiger partial charge in [-0.2, -0.15) is 11.8 Å². The molecule has 392 valence electrons. The molecule has 3 heterocycles. The zero-order valence-electron chi connectivity index (χ0n) is 39.7. The average Bonchev–Trinajstić information content (AvgIpc) is 3.78. The zero-order valence-corrected chi connectivity index (χ0v) is 43.2. The Balaban J connectivity index is 0.0000145. The number of unbranched alkanes of at least 4 members (excludes halogenated alkanes) is 13. The minimum absolute atomic E-state index is 0. The van der Waals surface area contributed by atoms with Gasteiger partial charge in [-0.15, -0.1) is 0 Å². The second kappa shape index (κ2) is 31.9. The van der Waals surface area contributed by atoms with E-state index >= 15 is 0 Å². The lowest BCUT2D eigenvalue weighted by atomic mass is 9.87. The number of hydrogen-bond acceptors (Lipinski definition) is 20. The summed E-state index contributed by atoms with van der Waals surface area (Å²) in [4.78, 5) is 82.6. The van der Waals surface area contributed by atoms with Crippen LogP contribution in [-0.4, -0.2) is 109 Å². The average molecular weight is 1040 g/mol. The number of aliphatic hydroxyl groups is 2. The number of nitrogens with one attached hydrogen (secondary N) is 2. The molecule has 1 fully saturated rings. The van der Waals surface area contributed by atoms with Crippen LogP contribution >= 0.6 is 35.2 Å². The van der Waals surface area contributed by atoms with E-state index in [1.54, 1.807) is 11.8 Å². The minimum atomic E-state index is -5.88. The van der Waals surface area contributed by atoms with Gasteiger partial charge in [0.15, 0.2) is 17.7 Å². The normalized spacial score (nSPS) is 20.3. The highest BCUT2D eigenvalue weighted by atomic mass is 32.2. The van der Waals surface area contributed by atoms with Crippen molar-refractivity contribution in [1.82, 2.24) is 48.6 Å². The van der Waals surface area contributed by atoms with E-state index in [4.69, 9.17) is 10.5 Å². The molecular formula is C37H77N10O16P3S. The van der Waals surface area contributed by atoms with Gasteiger partial charge in [0.2, 0.25) is 11.8 Å². The Morgan fingerprint density at radius 3 is 2.03 bits per heavy atom. The van der Waals surface area contributed by atoms with Crippen molar-refractivity contribution in [3.05, 3.63) is 12.7 Å². The van der Waals surface area contributed by atoms with Gasteiger partial charge in [-0.25, -0.2) is 19.3 Å². The predicted molar refractivity (Wildman–Crippen MR) is 249 cm³/mol. The lowest BCUT2D eigenvalue weighted by Gasteiger charge is -2.35. The fourth-order valence-corrected chi connectivity index (χ4v) is 10.3. The monoisotopic (exact) mass is 1040 g/mol. The van der Waals surface area contributed by atoms with Gasteiger partial charge in [0.1, 0.15) is 36.3 Å². The summed E-state index contributed by atoms with van der Waals surface area (Å²) in [6, 6.07) is 0. The number of nitrogens with zero attached hydrogens (tertiary/aromatic N) is 4. The lowest BCUT2D eigenvalue weighted by molar-refractivity contribution is -0.247. The number of nitrogens with two attached hydrogens (primary N) is 1. The largest absolute Gasteiger partial charge is 0.756 e. The highest BCUT2D eigenvalue weighted by Crippen LogP contribution is 2.56. The number of thioether (sulfide) groups is 1. The van der Waals surface area contributed by atoms with Crippen LogP contribution < -0.4 is 49.5 Å². The Kier molecular flexibility index (Phi) is 30.8. The molecule has 67 heavy (non-hydrogen) atoms. The van der Waals surface area contributed by atoms with Gasteiger partial charge in [-0.3, -0.25) is 27.9 Å².